The highest BCUT2D eigenvalue weighted by Crippen LogP contribution is 2.42. The monoisotopic (exact) mass is 437 g/mol. The van der Waals surface area contributed by atoms with Crippen LogP contribution >= 0.6 is 0 Å². The predicted molar refractivity (Wildman–Crippen MR) is 128 cm³/mol. The van der Waals surface area contributed by atoms with Gasteiger partial charge in [0.1, 0.15) is 18.1 Å². The maximum Gasteiger partial charge on any atom is 0.308 e. The van der Waals surface area contributed by atoms with Crippen molar-refractivity contribution in [2.45, 2.75) is 72.8 Å². The van der Waals surface area contributed by atoms with Crippen LogP contribution in [0.25, 0.3) is 22.3 Å². The molecular formula is C26H35N3O3. The lowest BCUT2D eigenvalue weighted by atomic mass is 9.78. The number of hydrogen-bond acceptors (Lipinski definition) is 5. The summed E-state index contributed by atoms with van der Waals surface area (Å²) in [4.78, 5) is 16.4. The number of fused-ring (bicyclic) bond motifs is 1. The number of benzene rings is 1. The van der Waals surface area contributed by atoms with Gasteiger partial charge in [-0.2, -0.15) is 5.10 Å². The fourth-order valence-electron chi connectivity index (χ4n) is 3.69. The van der Waals surface area contributed by atoms with E-state index in [4.69, 9.17) is 9.84 Å². The molecule has 6 heteroatoms. The van der Waals surface area contributed by atoms with Crippen LogP contribution in [-0.2, 0) is 26.9 Å². The highest BCUT2D eigenvalue weighted by Gasteiger charge is 2.28. The summed E-state index contributed by atoms with van der Waals surface area (Å²) >= 11 is 0. The van der Waals surface area contributed by atoms with Crippen molar-refractivity contribution in [3.8, 4) is 17.0 Å². The number of carbonyl (C=O) groups is 1. The van der Waals surface area contributed by atoms with E-state index in [-0.39, 0.29) is 29.3 Å². The molecule has 0 saturated heterocycles. The van der Waals surface area contributed by atoms with Gasteiger partial charge in [-0.05, 0) is 35.1 Å². The zero-order valence-corrected chi connectivity index (χ0v) is 20.5. The standard InChI is InChI=1S/C26H35N3O3/c1-16(2)24(31)32-13-12-29-23-18(10-9-11-27-23)21(28-29)17-14-19(25(3,4)5)22(30)20(15-17)26(6,7)8/h9-11,14-16,30H,12-13H2,1-8H3. The average molecular weight is 438 g/mol. The Morgan fingerprint density at radius 3 is 2.22 bits per heavy atom. The van der Waals surface area contributed by atoms with E-state index in [2.05, 4.69) is 46.5 Å². The van der Waals surface area contributed by atoms with E-state index < -0.39 is 0 Å². The topological polar surface area (TPSA) is 77.2 Å². The van der Waals surface area contributed by atoms with Crippen molar-refractivity contribution in [3.63, 3.8) is 0 Å². The molecule has 0 bridgehead atoms. The van der Waals surface area contributed by atoms with E-state index in [1.807, 2.05) is 38.1 Å². The lowest BCUT2D eigenvalue weighted by molar-refractivity contribution is -0.147. The maximum absolute atomic E-state index is 11.8. The second-order valence-electron chi connectivity index (χ2n) is 10.7. The first-order valence-electron chi connectivity index (χ1n) is 11.2. The minimum absolute atomic E-state index is 0.165. The molecule has 1 N–H and O–H groups in total. The molecule has 0 spiro atoms. The Balaban J connectivity index is 2.13. The van der Waals surface area contributed by atoms with Crippen LogP contribution in [0.2, 0.25) is 0 Å². The summed E-state index contributed by atoms with van der Waals surface area (Å²) in [6.07, 6.45) is 1.74. The summed E-state index contributed by atoms with van der Waals surface area (Å²) in [6.45, 7) is 16.9. The second kappa shape index (κ2) is 8.57. The summed E-state index contributed by atoms with van der Waals surface area (Å²) in [7, 11) is 0. The Morgan fingerprint density at radius 2 is 1.69 bits per heavy atom. The van der Waals surface area contributed by atoms with Gasteiger partial charge < -0.3 is 9.84 Å². The van der Waals surface area contributed by atoms with Crippen LogP contribution in [0, 0.1) is 5.92 Å². The molecule has 6 nitrogen and oxygen atoms in total. The largest absolute Gasteiger partial charge is 0.507 e. The van der Waals surface area contributed by atoms with Gasteiger partial charge in [0, 0.05) is 28.3 Å². The van der Waals surface area contributed by atoms with Gasteiger partial charge in [-0.1, -0.05) is 55.4 Å². The first-order chi connectivity index (χ1) is 14.8. The van der Waals surface area contributed by atoms with Gasteiger partial charge in [-0.3, -0.25) is 4.79 Å². The van der Waals surface area contributed by atoms with Crippen LogP contribution in [-0.4, -0.2) is 32.4 Å². The van der Waals surface area contributed by atoms with Crippen LogP contribution in [0.15, 0.2) is 30.5 Å². The Morgan fingerprint density at radius 1 is 1.09 bits per heavy atom. The molecule has 0 atom stereocenters. The predicted octanol–water partition coefficient (Wildman–Crippen LogP) is 5.60. The second-order valence-corrected chi connectivity index (χ2v) is 10.7. The number of hydrogen-bond donors (Lipinski definition) is 1. The molecule has 0 amide bonds. The van der Waals surface area contributed by atoms with Gasteiger partial charge >= 0.3 is 5.97 Å². The zero-order valence-electron chi connectivity index (χ0n) is 20.5. The van der Waals surface area contributed by atoms with E-state index in [0.29, 0.717) is 12.3 Å². The molecule has 0 aliphatic heterocycles. The van der Waals surface area contributed by atoms with Crippen LogP contribution < -0.4 is 0 Å². The molecule has 0 radical (unpaired) electrons. The number of esters is 1. The summed E-state index contributed by atoms with van der Waals surface area (Å²) in [6, 6.07) is 7.96. The SMILES string of the molecule is CC(C)C(=O)OCCn1nc(-c2cc(C(C)(C)C)c(O)c(C(C)(C)C)c2)c2cccnc21. The molecule has 0 aliphatic rings. The number of phenols is 1. The number of phenolic OH excluding ortho intramolecular Hbond substituents is 1. The van der Waals surface area contributed by atoms with Crippen LogP contribution in [0.4, 0.5) is 0 Å². The van der Waals surface area contributed by atoms with Gasteiger partial charge in [-0.25, -0.2) is 9.67 Å². The molecule has 32 heavy (non-hydrogen) atoms. The lowest BCUT2D eigenvalue weighted by Gasteiger charge is -2.28. The first-order valence-corrected chi connectivity index (χ1v) is 11.2. The van der Waals surface area contributed by atoms with Crippen LogP contribution in [0.1, 0.15) is 66.5 Å². The number of aromatic hydroxyl groups is 1. The molecule has 0 saturated carbocycles. The fourth-order valence-corrected chi connectivity index (χ4v) is 3.69. The van der Waals surface area contributed by atoms with E-state index in [9.17, 15) is 9.90 Å². The lowest BCUT2D eigenvalue weighted by Crippen LogP contribution is -2.17. The van der Waals surface area contributed by atoms with Crippen molar-refractivity contribution in [2.24, 2.45) is 5.92 Å². The maximum atomic E-state index is 11.8. The molecule has 1 aromatic carbocycles. The highest BCUT2D eigenvalue weighted by atomic mass is 16.5. The third-order valence-corrected chi connectivity index (χ3v) is 5.53. The summed E-state index contributed by atoms with van der Waals surface area (Å²) in [5, 5.41) is 16.9. The molecule has 2 heterocycles. The van der Waals surface area contributed by atoms with Gasteiger partial charge in [0.15, 0.2) is 5.65 Å². The molecule has 3 aromatic rings. The van der Waals surface area contributed by atoms with Crippen molar-refractivity contribution in [2.75, 3.05) is 6.61 Å². The van der Waals surface area contributed by atoms with E-state index >= 15 is 0 Å². The Bertz CT molecular complexity index is 1100. The normalized spacial score (nSPS) is 12.5. The van der Waals surface area contributed by atoms with Gasteiger partial charge in [-0.15, -0.1) is 0 Å². The summed E-state index contributed by atoms with van der Waals surface area (Å²) in [5.41, 5.74) is 3.79. The van der Waals surface area contributed by atoms with Crippen molar-refractivity contribution >= 4 is 17.0 Å². The minimum Gasteiger partial charge on any atom is -0.507 e. The molecule has 172 valence electrons. The van der Waals surface area contributed by atoms with Crippen molar-refractivity contribution in [1.29, 1.82) is 0 Å². The van der Waals surface area contributed by atoms with Gasteiger partial charge in [0.2, 0.25) is 0 Å². The van der Waals surface area contributed by atoms with E-state index in [0.717, 1.165) is 33.4 Å². The van der Waals surface area contributed by atoms with Crippen molar-refractivity contribution < 1.29 is 14.6 Å². The third-order valence-electron chi connectivity index (χ3n) is 5.53. The minimum atomic E-state index is -0.234. The van der Waals surface area contributed by atoms with Crippen molar-refractivity contribution in [3.05, 3.63) is 41.6 Å². The molecule has 0 fully saturated rings. The quantitative estimate of drug-likeness (QED) is 0.526. The molecule has 3 rings (SSSR count). The summed E-state index contributed by atoms with van der Waals surface area (Å²) < 4.78 is 7.14. The number of aromatic nitrogens is 3. The molecule has 2 aromatic heterocycles. The van der Waals surface area contributed by atoms with Gasteiger partial charge in [0.25, 0.3) is 0 Å². The molecule has 0 unspecified atom stereocenters. The van der Waals surface area contributed by atoms with E-state index in [1.54, 1.807) is 10.9 Å². The Labute approximate surface area is 190 Å². The van der Waals surface area contributed by atoms with Crippen molar-refractivity contribution in [1.82, 2.24) is 14.8 Å². The fraction of sp³-hybridized carbons (Fsp3) is 0.500. The number of pyridine rings is 1. The zero-order chi connectivity index (χ0) is 23.8. The Kier molecular flexibility index (Phi) is 6.36. The molecular weight excluding hydrogens is 402 g/mol. The van der Waals surface area contributed by atoms with Crippen LogP contribution in [0.3, 0.4) is 0 Å². The Hall–Kier alpha value is -2.89. The number of rotatable bonds is 5. The number of carbonyl (C=O) groups excluding carboxylic acids is 1. The smallest absolute Gasteiger partial charge is 0.308 e. The number of nitrogens with zero attached hydrogens (tertiary/aromatic N) is 3. The highest BCUT2D eigenvalue weighted by molar-refractivity contribution is 5.91. The first kappa shape index (κ1) is 23.8. The van der Waals surface area contributed by atoms with E-state index in [1.165, 1.54) is 0 Å². The van der Waals surface area contributed by atoms with Gasteiger partial charge in [0.05, 0.1) is 12.5 Å². The number of ether oxygens (including phenoxy) is 1. The molecule has 0 aliphatic carbocycles. The average Bonchev–Trinajstić information content (AvgIpc) is 3.05. The van der Waals surface area contributed by atoms with Crippen LogP contribution in [0.5, 0.6) is 5.75 Å². The third kappa shape index (κ3) is 4.79. The summed E-state index contributed by atoms with van der Waals surface area (Å²) in [5.74, 6) is -0.0456.